The Balaban J connectivity index is 1.35. The SMILES string of the molecule is O=C(CC1c2ccccc2-c2ccccc21)Oc1ccc(OC(=O)c2ccccc2)cc1[N+](=O)[O-]. The second-order valence-corrected chi connectivity index (χ2v) is 8.05. The Morgan fingerprint density at radius 2 is 1.37 bits per heavy atom. The normalized spacial score (nSPS) is 11.9. The predicted molar refractivity (Wildman–Crippen MR) is 128 cm³/mol. The molecule has 0 aliphatic heterocycles. The van der Waals surface area contributed by atoms with Gasteiger partial charge in [0, 0.05) is 5.92 Å². The molecule has 0 amide bonds. The molecule has 0 atom stereocenters. The van der Waals surface area contributed by atoms with Crippen molar-refractivity contribution in [1.82, 2.24) is 0 Å². The average Bonchev–Trinajstić information content (AvgIpc) is 3.19. The number of hydrogen-bond acceptors (Lipinski definition) is 6. The van der Waals surface area contributed by atoms with Crippen LogP contribution >= 0.6 is 0 Å². The molecule has 4 aromatic carbocycles. The molecule has 0 fully saturated rings. The van der Waals surface area contributed by atoms with Crippen molar-refractivity contribution in [3.8, 4) is 22.6 Å². The van der Waals surface area contributed by atoms with Crippen LogP contribution in [0.5, 0.6) is 11.5 Å². The van der Waals surface area contributed by atoms with Crippen molar-refractivity contribution in [2.75, 3.05) is 0 Å². The van der Waals surface area contributed by atoms with Gasteiger partial charge in [-0.3, -0.25) is 14.9 Å². The van der Waals surface area contributed by atoms with Crippen molar-refractivity contribution in [2.24, 2.45) is 0 Å². The van der Waals surface area contributed by atoms with Crippen molar-refractivity contribution in [2.45, 2.75) is 12.3 Å². The number of ether oxygens (including phenoxy) is 2. The maximum atomic E-state index is 12.9. The van der Waals surface area contributed by atoms with E-state index in [1.165, 1.54) is 12.1 Å². The Bertz CT molecular complexity index is 1400. The average molecular weight is 465 g/mol. The van der Waals surface area contributed by atoms with Gasteiger partial charge >= 0.3 is 17.6 Å². The molecule has 5 rings (SSSR count). The largest absolute Gasteiger partial charge is 0.423 e. The molecule has 4 aromatic rings. The number of benzene rings is 4. The number of hydrogen-bond donors (Lipinski definition) is 0. The van der Waals surface area contributed by atoms with Gasteiger partial charge in [-0.1, -0.05) is 66.7 Å². The van der Waals surface area contributed by atoms with E-state index in [9.17, 15) is 19.7 Å². The molecule has 0 bridgehead atoms. The van der Waals surface area contributed by atoms with Crippen molar-refractivity contribution in [3.05, 3.63) is 124 Å². The molecule has 172 valence electrons. The van der Waals surface area contributed by atoms with Crippen molar-refractivity contribution in [3.63, 3.8) is 0 Å². The molecular formula is C28H19NO6. The van der Waals surface area contributed by atoms with E-state index in [0.717, 1.165) is 28.3 Å². The molecule has 0 saturated carbocycles. The van der Waals surface area contributed by atoms with Gasteiger partial charge in [0.05, 0.1) is 23.0 Å². The van der Waals surface area contributed by atoms with E-state index in [2.05, 4.69) is 0 Å². The minimum absolute atomic E-state index is 0.0237. The third kappa shape index (κ3) is 4.39. The minimum Gasteiger partial charge on any atom is -0.423 e. The fraction of sp³-hybridized carbons (Fsp3) is 0.0714. The first-order valence-electron chi connectivity index (χ1n) is 11.0. The fourth-order valence-electron chi connectivity index (χ4n) is 4.34. The second-order valence-electron chi connectivity index (χ2n) is 8.05. The highest BCUT2D eigenvalue weighted by molar-refractivity contribution is 5.91. The molecule has 7 nitrogen and oxygen atoms in total. The first kappa shape index (κ1) is 22.0. The smallest absolute Gasteiger partial charge is 0.343 e. The molecule has 0 saturated heterocycles. The summed E-state index contributed by atoms with van der Waals surface area (Å²) >= 11 is 0. The molecule has 0 spiro atoms. The zero-order valence-electron chi connectivity index (χ0n) is 18.4. The van der Waals surface area contributed by atoms with Crippen molar-refractivity contribution < 1.29 is 24.0 Å². The van der Waals surface area contributed by atoms with E-state index < -0.39 is 22.5 Å². The highest BCUT2D eigenvalue weighted by Gasteiger charge is 2.31. The molecule has 0 N–H and O–H groups in total. The van der Waals surface area contributed by atoms with E-state index in [4.69, 9.17) is 9.47 Å². The first-order valence-corrected chi connectivity index (χ1v) is 11.0. The summed E-state index contributed by atoms with van der Waals surface area (Å²) in [5.74, 6) is -1.69. The van der Waals surface area contributed by atoms with Gasteiger partial charge in [0.2, 0.25) is 5.75 Å². The summed E-state index contributed by atoms with van der Waals surface area (Å²) in [5.41, 5.74) is 4.01. The highest BCUT2D eigenvalue weighted by Crippen LogP contribution is 2.46. The van der Waals surface area contributed by atoms with Gasteiger partial charge in [-0.2, -0.15) is 0 Å². The topological polar surface area (TPSA) is 95.7 Å². The monoisotopic (exact) mass is 465 g/mol. The standard InChI is InChI=1S/C28H19NO6/c30-27(17-24-22-12-6-4-10-20(22)21-11-5-7-13-23(21)24)35-26-15-14-19(16-25(26)29(32)33)34-28(31)18-8-2-1-3-9-18/h1-16,24H,17H2. The lowest BCUT2D eigenvalue weighted by Crippen LogP contribution is -2.14. The maximum Gasteiger partial charge on any atom is 0.343 e. The zero-order valence-corrected chi connectivity index (χ0v) is 18.4. The van der Waals surface area contributed by atoms with E-state index in [0.29, 0.717) is 5.56 Å². The van der Waals surface area contributed by atoms with Gasteiger partial charge in [-0.15, -0.1) is 0 Å². The van der Waals surface area contributed by atoms with Crippen LogP contribution in [0.3, 0.4) is 0 Å². The summed E-state index contributed by atoms with van der Waals surface area (Å²) < 4.78 is 10.7. The molecule has 35 heavy (non-hydrogen) atoms. The molecule has 0 unspecified atom stereocenters. The van der Waals surface area contributed by atoms with Gasteiger partial charge in [0.1, 0.15) is 5.75 Å². The Labute approximate surface area is 200 Å². The third-order valence-electron chi connectivity index (χ3n) is 5.90. The van der Waals surface area contributed by atoms with Crippen molar-refractivity contribution >= 4 is 17.6 Å². The second kappa shape index (κ2) is 9.23. The van der Waals surface area contributed by atoms with E-state index in [1.54, 1.807) is 30.3 Å². The summed E-state index contributed by atoms with van der Waals surface area (Å²) in [4.78, 5) is 36.1. The number of nitro groups is 1. The first-order chi connectivity index (χ1) is 17.0. The summed E-state index contributed by atoms with van der Waals surface area (Å²) in [6, 6.07) is 27.7. The summed E-state index contributed by atoms with van der Waals surface area (Å²) in [5, 5.41) is 11.7. The Kier molecular flexibility index (Phi) is 5.81. The fourth-order valence-corrected chi connectivity index (χ4v) is 4.34. The Morgan fingerprint density at radius 3 is 2.00 bits per heavy atom. The van der Waals surface area contributed by atoms with Crippen LogP contribution in [0.4, 0.5) is 5.69 Å². The molecule has 7 heteroatoms. The minimum atomic E-state index is -0.678. The molecule has 1 aliphatic rings. The number of fused-ring (bicyclic) bond motifs is 3. The molecule has 1 aliphatic carbocycles. The quantitative estimate of drug-likeness (QED) is 0.152. The summed E-state index contributed by atoms with van der Waals surface area (Å²) in [6.07, 6.45) is 0.0237. The van der Waals surface area contributed by atoms with Crippen LogP contribution in [0.2, 0.25) is 0 Å². The van der Waals surface area contributed by atoms with E-state index in [1.807, 2.05) is 48.5 Å². The van der Waals surface area contributed by atoms with Gasteiger partial charge in [-0.05, 0) is 46.5 Å². The molecular weight excluding hydrogens is 446 g/mol. The van der Waals surface area contributed by atoms with Gasteiger partial charge in [-0.25, -0.2) is 4.79 Å². The van der Waals surface area contributed by atoms with Crippen LogP contribution in [0.1, 0.15) is 33.8 Å². The number of esters is 2. The van der Waals surface area contributed by atoms with Crippen LogP contribution in [0, 0.1) is 10.1 Å². The lowest BCUT2D eigenvalue weighted by atomic mass is 9.94. The van der Waals surface area contributed by atoms with Gasteiger partial charge < -0.3 is 9.47 Å². The van der Waals surface area contributed by atoms with Crippen LogP contribution in [0.15, 0.2) is 97.1 Å². The van der Waals surface area contributed by atoms with Gasteiger partial charge in [0.15, 0.2) is 0 Å². The Morgan fingerprint density at radius 1 is 0.771 bits per heavy atom. The highest BCUT2D eigenvalue weighted by atomic mass is 16.6. The number of rotatable bonds is 6. The zero-order chi connectivity index (χ0) is 24.4. The molecule has 0 radical (unpaired) electrons. The van der Waals surface area contributed by atoms with Crippen LogP contribution in [-0.4, -0.2) is 16.9 Å². The lowest BCUT2D eigenvalue weighted by Gasteiger charge is -2.13. The van der Waals surface area contributed by atoms with Crippen molar-refractivity contribution in [1.29, 1.82) is 0 Å². The number of nitrogens with zero attached hydrogens (tertiary/aromatic N) is 1. The predicted octanol–water partition coefficient (Wildman–Crippen LogP) is 5.92. The summed E-state index contributed by atoms with van der Waals surface area (Å²) in [6.45, 7) is 0. The van der Waals surface area contributed by atoms with Crippen LogP contribution in [0.25, 0.3) is 11.1 Å². The van der Waals surface area contributed by atoms with Crippen LogP contribution < -0.4 is 9.47 Å². The number of carbonyl (C=O) groups excluding carboxylic acids is 2. The van der Waals surface area contributed by atoms with Crippen LogP contribution in [-0.2, 0) is 4.79 Å². The summed E-state index contributed by atoms with van der Waals surface area (Å²) in [7, 11) is 0. The number of nitro benzene ring substituents is 1. The van der Waals surface area contributed by atoms with E-state index >= 15 is 0 Å². The molecule has 0 heterocycles. The maximum absolute atomic E-state index is 12.9. The third-order valence-corrected chi connectivity index (χ3v) is 5.90. The Hall–Kier alpha value is -4.78. The lowest BCUT2D eigenvalue weighted by molar-refractivity contribution is -0.385. The van der Waals surface area contributed by atoms with E-state index in [-0.39, 0.29) is 23.8 Å². The number of carbonyl (C=O) groups is 2. The molecule has 0 aromatic heterocycles. The van der Waals surface area contributed by atoms with Gasteiger partial charge in [0.25, 0.3) is 0 Å².